The van der Waals surface area contributed by atoms with Crippen LogP contribution in [-0.2, 0) is 26.8 Å². The van der Waals surface area contributed by atoms with Gasteiger partial charge in [0.25, 0.3) is 0 Å². The van der Waals surface area contributed by atoms with Crippen molar-refractivity contribution < 1.29 is 22.7 Å². The summed E-state index contributed by atoms with van der Waals surface area (Å²) in [5, 5.41) is 25.5. The van der Waals surface area contributed by atoms with Gasteiger partial charge in [-0.3, -0.25) is 9.48 Å². The maximum atomic E-state index is 13.3. The van der Waals surface area contributed by atoms with Gasteiger partial charge in [-0.05, 0) is 73.7 Å². The van der Waals surface area contributed by atoms with Crippen LogP contribution in [0.4, 0.5) is 15.8 Å². The van der Waals surface area contributed by atoms with Crippen molar-refractivity contribution >= 4 is 33.6 Å². The number of hydrogen-bond donors (Lipinski definition) is 3. The van der Waals surface area contributed by atoms with Gasteiger partial charge in [0.1, 0.15) is 10.7 Å². The summed E-state index contributed by atoms with van der Waals surface area (Å²) in [6.07, 6.45) is 4.98. The number of carboxylic acid groups (broad SMARTS) is 1. The van der Waals surface area contributed by atoms with Gasteiger partial charge in [-0.1, -0.05) is 6.92 Å². The second kappa shape index (κ2) is 10.4. The summed E-state index contributed by atoms with van der Waals surface area (Å²) in [6.45, 7) is 4.47. The number of anilines is 2. The van der Waals surface area contributed by atoms with E-state index in [0.717, 1.165) is 12.6 Å². The third kappa shape index (κ3) is 5.14. The first-order valence-electron chi connectivity index (χ1n) is 12.0. The van der Waals surface area contributed by atoms with E-state index >= 15 is 0 Å². The first kappa shape index (κ1) is 26.5. The van der Waals surface area contributed by atoms with Crippen LogP contribution in [0, 0.1) is 18.2 Å². The van der Waals surface area contributed by atoms with Crippen LogP contribution >= 0.6 is 0 Å². The topological polar surface area (TPSA) is 128 Å². The Morgan fingerprint density at radius 3 is 2.51 bits per heavy atom. The highest BCUT2D eigenvalue weighted by atomic mass is 32.2. The molecule has 1 saturated heterocycles. The van der Waals surface area contributed by atoms with Gasteiger partial charge >= 0.3 is 5.97 Å². The molecule has 1 aromatic heterocycles. The van der Waals surface area contributed by atoms with Crippen molar-refractivity contribution in [3.63, 3.8) is 0 Å². The van der Waals surface area contributed by atoms with Crippen LogP contribution in [0.5, 0.6) is 0 Å². The number of hydrogen-bond acceptors (Lipinski definition) is 6. The summed E-state index contributed by atoms with van der Waals surface area (Å²) in [4.78, 5) is 12.7. The minimum atomic E-state index is -3.80. The Morgan fingerprint density at radius 2 is 1.92 bits per heavy atom. The molecular weight excluding hydrogens is 497 g/mol. The molecule has 0 saturated carbocycles. The minimum absolute atomic E-state index is 0.0442. The van der Waals surface area contributed by atoms with Crippen molar-refractivity contribution in [3.05, 3.63) is 71.3 Å². The zero-order valence-corrected chi connectivity index (χ0v) is 21.6. The number of carbonyl (C=O) groups is 1. The van der Waals surface area contributed by atoms with Crippen LogP contribution in [0.1, 0.15) is 42.9 Å². The van der Waals surface area contributed by atoms with E-state index in [-0.39, 0.29) is 36.6 Å². The van der Waals surface area contributed by atoms with Crippen LogP contribution in [0.15, 0.2) is 53.7 Å². The number of halogens is 1. The van der Waals surface area contributed by atoms with Crippen LogP contribution in [-0.4, -0.2) is 52.9 Å². The summed E-state index contributed by atoms with van der Waals surface area (Å²) in [5.74, 6) is -1.39. The predicted molar refractivity (Wildman–Crippen MR) is 139 cm³/mol. The maximum Gasteiger partial charge on any atom is 0.314 e. The second-order valence-corrected chi connectivity index (χ2v) is 11.2. The van der Waals surface area contributed by atoms with E-state index in [9.17, 15) is 22.7 Å². The molecule has 1 aliphatic rings. The Kier molecular flexibility index (Phi) is 7.47. The van der Waals surface area contributed by atoms with Gasteiger partial charge in [-0.2, -0.15) is 9.40 Å². The third-order valence-corrected chi connectivity index (χ3v) is 8.73. The minimum Gasteiger partial charge on any atom is -0.481 e. The lowest BCUT2D eigenvalue weighted by molar-refractivity contribution is -0.145. The molecule has 0 radical (unpaired) electrons. The highest BCUT2D eigenvalue weighted by molar-refractivity contribution is 7.89. The molecule has 0 spiro atoms. The highest BCUT2D eigenvalue weighted by Gasteiger charge is 2.46. The first-order valence-corrected chi connectivity index (χ1v) is 13.5. The van der Waals surface area contributed by atoms with Crippen molar-refractivity contribution in [1.82, 2.24) is 14.1 Å². The fraction of sp³-hybridized carbons (Fsp3) is 0.346. The molecule has 11 heteroatoms. The van der Waals surface area contributed by atoms with Gasteiger partial charge in [-0.25, -0.2) is 12.8 Å². The van der Waals surface area contributed by atoms with Crippen molar-refractivity contribution in [2.24, 2.45) is 0 Å². The maximum absolute atomic E-state index is 13.3. The van der Waals surface area contributed by atoms with Gasteiger partial charge < -0.3 is 15.8 Å². The van der Waals surface area contributed by atoms with Gasteiger partial charge in [0.15, 0.2) is 0 Å². The Morgan fingerprint density at radius 1 is 1.24 bits per heavy atom. The molecule has 1 fully saturated rings. The van der Waals surface area contributed by atoms with Crippen molar-refractivity contribution in [1.29, 1.82) is 5.41 Å². The van der Waals surface area contributed by atoms with E-state index in [1.165, 1.54) is 28.8 Å². The Hall–Kier alpha value is -3.57. The van der Waals surface area contributed by atoms with Crippen LogP contribution in [0.2, 0.25) is 0 Å². The monoisotopic (exact) mass is 527 g/mol. The molecule has 37 heavy (non-hydrogen) atoms. The molecule has 3 aromatic rings. The molecule has 0 aliphatic carbocycles. The second-order valence-electron chi connectivity index (χ2n) is 9.26. The number of piperidine rings is 1. The van der Waals surface area contributed by atoms with Gasteiger partial charge in [0, 0.05) is 49.0 Å². The van der Waals surface area contributed by atoms with Gasteiger partial charge in [0.05, 0.1) is 11.6 Å². The smallest absolute Gasteiger partial charge is 0.314 e. The number of aliphatic carboxylic acids is 1. The fourth-order valence-electron chi connectivity index (χ4n) is 4.84. The number of carboxylic acids is 1. The zero-order valence-electron chi connectivity index (χ0n) is 20.7. The Bertz CT molecular complexity index is 1410. The fourth-order valence-corrected chi connectivity index (χ4v) is 6.24. The number of aromatic nitrogens is 2. The highest BCUT2D eigenvalue weighted by Crippen LogP contribution is 2.41. The van der Waals surface area contributed by atoms with Crippen LogP contribution in [0.25, 0.3) is 0 Å². The molecule has 1 aliphatic heterocycles. The average Bonchev–Trinajstić information content (AvgIpc) is 3.35. The number of benzene rings is 2. The quantitative estimate of drug-likeness (QED) is 0.356. The van der Waals surface area contributed by atoms with E-state index in [0.29, 0.717) is 34.6 Å². The number of sulfonamides is 1. The normalized spacial score (nSPS) is 15.9. The van der Waals surface area contributed by atoms with Gasteiger partial charge in [0.2, 0.25) is 10.0 Å². The SMILES string of the molecule is CCCn1cc(S(=O)(=O)N2CCC(C(=O)O)(c3cc(C=N)c(Nc4ccc(F)cc4)cc3C)CC2)cn1. The van der Waals surface area contributed by atoms with E-state index in [1.807, 2.05) is 6.92 Å². The van der Waals surface area contributed by atoms with Crippen LogP contribution < -0.4 is 5.32 Å². The van der Waals surface area contributed by atoms with E-state index < -0.39 is 21.4 Å². The number of rotatable bonds is 9. The first-order chi connectivity index (χ1) is 17.6. The van der Waals surface area contributed by atoms with E-state index in [4.69, 9.17) is 5.41 Å². The summed E-state index contributed by atoms with van der Waals surface area (Å²) in [5.41, 5.74) is 1.65. The molecule has 0 amide bonds. The lowest BCUT2D eigenvalue weighted by atomic mass is 9.71. The standard InChI is InChI=1S/C26H30FN5O4S/c1-3-10-31-17-22(16-29-31)37(35,36)32-11-8-26(9-12-32,25(33)34)23-14-19(15-28)24(13-18(23)2)30-21-6-4-20(27)5-7-21/h4-7,13-17,28,30H,3,8-12H2,1-2H3,(H,33,34). The Balaban J connectivity index is 1.61. The molecular formula is C26H30FN5O4S. The van der Waals surface area contributed by atoms with Crippen molar-refractivity contribution in [2.45, 2.75) is 50.0 Å². The third-order valence-electron chi connectivity index (χ3n) is 6.88. The molecule has 4 rings (SSSR count). The number of nitrogens with one attached hydrogen (secondary N) is 2. The summed E-state index contributed by atoms with van der Waals surface area (Å²) < 4.78 is 42.6. The van der Waals surface area contributed by atoms with Crippen molar-refractivity contribution in [2.75, 3.05) is 18.4 Å². The van der Waals surface area contributed by atoms with Crippen molar-refractivity contribution in [3.8, 4) is 0 Å². The molecule has 0 atom stereocenters. The molecule has 2 heterocycles. The zero-order chi connectivity index (χ0) is 26.8. The molecule has 0 bridgehead atoms. The molecule has 0 unspecified atom stereocenters. The molecule has 9 nitrogen and oxygen atoms in total. The largest absolute Gasteiger partial charge is 0.481 e. The lowest BCUT2D eigenvalue weighted by Crippen LogP contribution is -2.49. The summed E-state index contributed by atoms with van der Waals surface area (Å²) in [6, 6.07) is 9.25. The Labute approximate surface area is 215 Å². The summed E-state index contributed by atoms with van der Waals surface area (Å²) >= 11 is 0. The van der Waals surface area contributed by atoms with E-state index in [2.05, 4.69) is 10.4 Å². The number of nitrogens with zero attached hydrogens (tertiary/aromatic N) is 3. The van der Waals surface area contributed by atoms with Gasteiger partial charge in [-0.15, -0.1) is 0 Å². The molecule has 3 N–H and O–H groups in total. The average molecular weight is 528 g/mol. The predicted octanol–water partition coefficient (Wildman–Crippen LogP) is 4.29. The lowest BCUT2D eigenvalue weighted by Gasteiger charge is -2.39. The summed E-state index contributed by atoms with van der Waals surface area (Å²) in [7, 11) is -3.80. The van der Waals surface area contributed by atoms with Crippen LogP contribution in [0.3, 0.4) is 0 Å². The number of aryl methyl sites for hydroxylation is 2. The molecule has 196 valence electrons. The van der Waals surface area contributed by atoms with E-state index in [1.54, 1.807) is 35.9 Å². The molecule has 2 aromatic carbocycles.